The lowest BCUT2D eigenvalue weighted by atomic mass is 9.56. The summed E-state index contributed by atoms with van der Waals surface area (Å²) in [5.41, 5.74) is -2.01. The first-order valence-electron chi connectivity index (χ1n) is 12.2. The highest BCUT2D eigenvalue weighted by atomic mass is 16.6. The third-order valence-electron chi connectivity index (χ3n) is 7.93. The maximum absolute atomic E-state index is 12.6. The van der Waals surface area contributed by atoms with Crippen molar-refractivity contribution < 1.29 is 48.3 Å². The van der Waals surface area contributed by atoms with Crippen LogP contribution in [0.4, 0.5) is 0 Å². The van der Waals surface area contributed by atoms with Crippen molar-refractivity contribution in [3.05, 3.63) is 23.3 Å². The van der Waals surface area contributed by atoms with Gasteiger partial charge in [0.1, 0.15) is 24.4 Å². The average molecular weight is 509 g/mol. The summed E-state index contributed by atoms with van der Waals surface area (Å²) in [6.07, 6.45) is -0.275. The molecule has 2 N–H and O–H groups in total. The van der Waals surface area contributed by atoms with Gasteiger partial charge in [-0.25, -0.2) is 0 Å². The quantitative estimate of drug-likeness (QED) is 0.327. The number of aliphatic hydroxyl groups excluding tert-OH is 1. The van der Waals surface area contributed by atoms with Crippen LogP contribution in [0, 0.1) is 17.3 Å². The molecule has 1 heterocycles. The van der Waals surface area contributed by atoms with Gasteiger partial charge in [0.05, 0.1) is 17.4 Å². The summed E-state index contributed by atoms with van der Waals surface area (Å²) in [5, 5.41) is 23.8. The minimum Gasteiger partial charge on any atom is -0.462 e. The molecule has 3 aliphatic rings. The van der Waals surface area contributed by atoms with E-state index in [0.717, 1.165) is 0 Å². The van der Waals surface area contributed by atoms with Gasteiger partial charge in [-0.15, -0.1) is 0 Å². The van der Waals surface area contributed by atoms with Gasteiger partial charge >= 0.3 is 23.9 Å². The van der Waals surface area contributed by atoms with Crippen molar-refractivity contribution >= 4 is 23.9 Å². The molecule has 0 saturated carbocycles. The number of hydrogen-bond acceptors (Lipinski definition) is 10. The molecule has 10 heteroatoms. The summed E-state index contributed by atoms with van der Waals surface area (Å²) in [4.78, 5) is 48.4. The summed E-state index contributed by atoms with van der Waals surface area (Å²) in [6.45, 7) is 8.69. The van der Waals surface area contributed by atoms with Crippen LogP contribution < -0.4 is 0 Å². The van der Waals surface area contributed by atoms with Crippen LogP contribution in [0.2, 0.25) is 0 Å². The molecular weight excluding hydrogens is 472 g/mol. The van der Waals surface area contributed by atoms with Crippen LogP contribution >= 0.6 is 0 Å². The van der Waals surface area contributed by atoms with Crippen molar-refractivity contribution in [2.45, 2.75) is 90.8 Å². The standard InChI is InChI=1S/C26H36O10/c1-13-7-9-19(34-16(4)28)25(6)20(35-17(5)29)10-8-18(12-33-15(3)27)11-21-26(32,23(30)22(13)25)14(2)24(31)36-21/h7,11,14,19-23,30,32H,8-10,12H2,1-6H3/b18-11+/t14-,19-,20+,21-,22+,23+,25+,26-/m0/s1. The number of aliphatic hydroxyl groups is 2. The van der Waals surface area contributed by atoms with Crippen LogP contribution in [-0.2, 0) is 38.1 Å². The minimum absolute atomic E-state index is 0.136. The largest absolute Gasteiger partial charge is 0.462 e. The van der Waals surface area contributed by atoms with Gasteiger partial charge in [0.2, 0.25) is 0 Å². The fourth-order valence-electron chi connectivity index (χ4n) is 5.98. The second-order valence-electron chi connectivity index (χ2n) is 10.3. The molecule has 0 radical (unpaired) electrons. The zero-order chi connectivity index (χ0) is 27.0. The van der Waals surface area contributed by atoms with Gasteiger partial charge in [-0.2, -0.15) is 0 Å². The summed E-state index contributed by atoms with van der Waals surface area (Å²) in [5.74, 6) is -4.26. The molecule has 0 aromatic rings. The Morgan fingerprint density at radius 1 is 1.11 bits per heavy atom. The Morgan fingerprint density at radius 3 is 2.31 bits per heavy atom. The molecule has 10 nitrogen and oxygen atoms in total. The highest BCUT2D eigenvalue weighted by Crippen LogP contribution is 2.54. The van der Waals surface area contributed by atoms with Crippen molar-refractivity contribution in [1.29, 1.82) is 0 Å². The number of hydrogen-bond donors (Lipinski definition) is 2. The van der Waals surface area contributed by atoms with Crippen LogP contribution in [0.3, 0.4) is 0 Å². The van der Waals surface area contributed by atoms with Crippen LogP contribution in [0.25, 0.3) is 0 Å². The van der Waals surface area contributed by atoms with Crippen molar-refractivity contribution in [3.63, 3.8) is 0 Å². The van der Waals surface area contributed by atoms with Crippen LogP contribution in [-0.4, -0.2) is 70.7 Å². The highest BCUT2D eigenvalue weighted by Gasteiger charge is 2.65. The fraction of sp³-hybridized carbons (Fsp3) is 0.692. The molecule has 200 valence electrons. The lowest BCUT2D eigenvalue weighted by Crippen LogP contribution is -2.64. The Kier molecular flexibility index (Phi) is 8.00. The van der Waals surface area contributed by atoms with Gasteiger partial charge in [-0.3, -0.25) is 19.2 Å². The molecule has 0 spiro atoms. The van der Waals surface area contributed by atoms with Gasteiger partial charge in [-0.05, 0) is 38.3 Å². The molecule has 0 bridgehead atoms. The number of rotatable bonds is 4. The number of esters is 4. The number of fused-ring (bicyclic) bond motifs is 2. The second kappa shape index (κ2) is 10.3. The maximum Gasteiger partial charge on any atom is 0.312 e. The van der Waals surface area contributed by atoms with E-state index >= 15 is 0 Å². The molecule has 0 unspecified atom stereocenters. The molecule has 8 atom stereocenters. The molecule has 0 aromatic heterocycles. The van der Waals surface area contributed by atoms with Crippen molar-refractivity contribution in [3.8, 4) is 0 Å². The maximum atomic E-state index is 12.6. The molecule has 0 aromatic carbocycles. The summed E-state index contributed by atoms with van der Waals surface area (Å²) in [6, 6.07) is 0. The predicted molar refractivity (Wildman–Crippen MR) is 125 cm³/mol. The Hall–Kier alpha value is -2.72. The van der Waals surface area contributed by atoms with Crippen LogP contribution in [0.1, 0.15) is 60.8 Å². The third-order valence-corrected chi connectivity index (χ3v) is 7.93. The zero-order valence-corrected chi connectivity index (χ0v) is 21.6. The smallest absolute Gasteiger partial charge is 0.312 e. The second-order valence-corrected chi connectivity index (χ2v) is 10.3. The number of carbonyl (C=O) groups is 4. The van der Waals surface area contributed by atoms with Gasteiger partial charge in [0.15, 0.2) is 6.10 Å². The van der Waals surface area contributed by atoms with Crippen molar-refractivity contribution in [2.75, 3.05) is 6.61 Å². The Balaban J connectivity index is 2.24. The summed E-state index contributed by atoms with van der Waals surface area (Å²) < 4.78 is 22.1. The van der Waals surface area contributed by atoms with Gasteiger partial charge in [-0.1, -0.05) is 18.6 Å². The van der Waals surface area contributed by atoms with E-state index in [4.69, 9.17) is 18.9 Å². The molecule has 1 fully saturated rings. The normalized spacial score (nSPS) is 39.8. The fourth-order valence-corrected chi connectivity index (χ4v) is 5.98. The predicted octanol–water partition coefficient (Wildman–Crippen LogP) is 1.76. The molecule has 36 heavy (non-hydrogen) atoms. The van der Waals surface area contributed by atoms with E-state index in [1.807, 2.05) is 6.08 Å². The summed E-state index contributed by atoms with van der Waals surface area (Å²) >= 11 is 0. The Bertz CT molecular complexity index is 983. The number of ether oxygens (including phenoxy) is 4. The SMILES string of the molecule is CC(=O)OC/C1=C/[C@@H]2OC(=O)[C@H](C)[C@@]2(O)[C@H](O)[C@H]2C(C)=CC[C@H](OC(C)=O)[C@]2(C)[C@H](OC(C)=O)CC1. The molecule has 1 aliphatic heterocycles. The minimum atomic E-state index is -2.06. The first kappa shape index (κ1) is 27.9. The van der Waals surface area contributed by atoms with Crippen LogP contribution in [0.15, 0.2) is 23.3 Å². The van der Waals surface area contributed by atoms with E-state index in [0.29, 0.717) is 17.6 Å². The molecule has 0 amide bonds. The lowest BCUT2D eigenvalue weighted by molar-refractivity contribution is -0.205. The first-order valence-corrected chi connectivity index (χ1v) is 12.2. The molecular formula is C26H36O10. The lowest BCUT2D eigenvalue weighted by Gasteiger charge is -2.54. The first-order chi connectivity index (χ1) is 16.7. The topological polar surface area (TPSA) is 146 Å². The van der Waals surface area contributed by atoms with Crippen LogP contribution in [0.5, 0.6) is 0 Å². The average Bonchev–Trinajstić information content (AvgIpc) is 2.99. The Morgan fingerprint density at radius 2 is 1.72 bits per heavy atom. The third kappa shape index (κ3) is 4.93. The molecule has 1 saturated heterocycles. The van der Waals surface area contributed by atoms with E-state index < -0.39 is 71.1 Å². The van der Waals surface area contributed by atoms with Gasteiger partial charge in [0.25, 0.3) is 0 Å². The van der Waals surface area contributed by atoms with E-state index in [-0.39, 0.29) is 19.4 Å². The van der Waals surface area contributed by atoms with Crippen molar-refractivity contribution in [1.82, 2.24) is 0 Å². The number of carbonyl (C=O) groups excluding carboxylic acids is 4. The van der Waals surface area contributed by atoms with Gasteiger partial charge < -0.3 is 29.2 Å². The van der Waals surface area contributed by atoms with Gasteiger partial charge in [0, 0.05) is 33.1 Å². The molecule has 2 aliphatic carbocycles. The van der Waals surface area contributed by atoms with E-state index in [1.165, 1.54) is 33.8 Å². The monoisotopic (exact) mass is 508 g/mol. The zero-order valence-electron chi connectivity index (χ0n) is 21.6. The summed E-state index contributed by atoms with van der Waals surface area (Å²) in [7, 11) is 0. The van der Waals surface area contributed by atoms with E-state index in [9.17, 15) is 29.4 Å². The van der Waals surface area contributed by atoms with E-state index in [2.05, 4.69) is 0 Å². The Labute approximate surface area is 210 Å². The molecule has 3 rings (SSSR count). The van der Waals surface area contributed by atoms with E-state index in [1.54, 1.807) is 13.8 Å². The highest BCUT2D eigenvalue weighted by molar-refractivity contribution is 5.77. The van der Waals surface area contributed by atoms with Crippen molar-refractivity contribution in [2.24, 2.45) is 17.3 Å².